The van der Waals surface area contributed by atoms with Crippen LogP contribution >= 0.6 is 0 Å². The number of halogens is 2. The largest absolute Gasteiger partial charge is 0.490 e. The highest BCUT2D eigenvalue weighted by atomic mass is 19.2. The Labute approximate surface area is 247 Å². The van der Waals surface area contributed by atoms with Crippen LogP contribution in [0.3, 0.4) is 0 Å². The minimum atomic E-state index is -1.29. The molecule has 1 aliphatic carbocycles. The number of rotatable bonds is 19. The minimum Gasteiger partial charge on any atom is -0.490 e. The molecule has 1 heterocycles. The van der Waals surface area contributed by atoms with Gasteiger partial charge in [0, 0.05) is 5.56 Å². The summed E-state index contributed by atoms with van der Waals surface area (Å²) < 4.78 is 45.7. The van der Waals surface area contributed by atoms with Crippen LogP contribution in [0.15, 0.2) is 48.8 Å². The summed E-state index contributed by atoms with van der Waals surface area (Å²) in [7, 11) is 0. The van der Waals surface area contributed by atoms with E-state index < -0.39 is 23.2 Å². The summed E-state index contributed by atoms with van der Waals surface area (Å²) in [5.41, 5.74) is 0.211. The third-order valence-corrected chi connectivity index (χ3v) is 7.45. The first-order valence-electron chi connectivity index (χ1n) is 15.4. The normalized spacial score (nSPS) is 12.7. The van der Waals surface area contributed by atoms with E-state index in [4.69, 9.17) is 14.2 Å². The fourth-order valence-electron chi connectivity index (χ4n) is 4.72. The smallest absolute Gasteiger partial charge is 0.346 e. The molecule has 0 bridgehead atoms. The second-order valence-electron chi connectivity index (χ2n) is 11.0. The van der Waals surface area contributed by atoms with E-state index in [1.165, 1.54) is 63.5 Å². The monoisotopic (exact) mass is 580 g/mol. The number of esters is 1. The number of aromatic nitrogens is 2. The molecule has 8 heteroatoms. The average molecular weight is 581 g/mol. The van der Waals surface area contributed by atoms with Crippen LogP contribution in [-0.4, -0.2) is 29.2 Å². The van der Waals surface area contributed by atoms with E-state index in [1.807, 2.05) is 0 Å². The number of nitrogens with zero attached hydrogens (tertiary/aromatic N) is 2. The fourth-order valence-corrected chi connectivity index (χ4v) is 4.72. The van der Waals surface area contributed by atoms with Crippen LogP contribution in [0, 0.1) is 17.6 Å². The van der Waals surface area contributed by atoms with E-state index in [9.17, 15) is 13.6 Å². The number of benzene rings is 2. The van der Waals surface area contributed by atoms with Crippen molar-refractivity contribution in [3.8, 4) is 28.6 Å². The maximum atomic E-state index is 14.7. The number of carbonyl (C=O) groups excluding carboxylic acids is 1. The lowest BCUT2D eigenvalue weighted by atomic mass is 10.1. The molecular formula is C34H42F2N2O4. The lowest BCUT2D eigenvalue weighted by Gasteiger charge is -2.10. The van der Waals surface area contributed by atoms with Crippen molar-refractivity contribution in [1.29, 1.82) is 0 Å². The maximum absolute atomic E-state index is 14.7. The Morgan fingerprint density at radius 3 is 2.10 bits per heavy atom. The average Bonchev–Trinajstić information content (AvgIpc) is 3.83. The molecule has 0 spiro atoms. The van der Waals surface area contributed by atoms with Crippen LogP contribution in [-0.2, 0) is 0 Å². The molecule has 3 aromatic rings. The number of carbonyl (C=O) groups is 1. The number of unbranched alkanes of at least 4 members (excludes halogenated alkanes) is 8. The van der Waals surface area contributed by atoms with E-state index in [2.05, 4.69) is 16.9 Å². The molecule has 0 unspecified atom stereocenters. The lowest BCUT2D eigenvalue weighted by molar-refractivity contribution is 0.0728. The Morgan fingerprint density at radius 2 is 1.40 bits per heavy atom. The Hall–Kier alpha value is -3.55. The van der Waals surface area contributed by atoms with Gasteiger partial charge >= 0.3 is 5.97 Å². The third kappa shape index (κ3) is 10.1. The quantitative estimate of drug-likeness (QED) is 0.0800. The van der Waals surface area contributed by atoms with Crippen molar-refractivity contribution in [1.82, 2.24) is 9.97 Å². The fraction of sp³-hybridized carbons (Fsp3) is 0.500. The molecule has 0 radical (unpaired) electrons. The molecular weight excluding hydrogens is 538 g/mol. The van der Waals surface area contributed by atoms with Gasteiger partial charge < -0.3 is 14.2 Å². The number of ether oxygens (including phenoxy) is 3. The summed E-state index contributed by atoms with van der Waals surface area (Å²) in [6, 6.07) is 8.93. The molecule has 1 saturated carbocycles. The van der Waals surface area contributed by atoms with Gasteiger partial charge in [0.05, 0.1) is 31.2 Å². The molecule has 0 amide bonds. The van der Waals surface area contributed by atoms with Gasteiger partial charge in [0.2, 0.25) is 5.82 Å². The molecule has 1 aromatic heterocycles. The predicted molar refractivity (Wildman–Crippen MR) is 159 cm³/mol. The van der Waals surface area contributed by atoms with Gasteiger partial charge in [0.1, 0.15) is 5.75 Å². The summed E-state index contributed by atoms with van der Waals surface area (Å²) in [5, 5.41) is 0. The zero-order chi connectivity index (χ0) is 29.6. The van der Waals surface area contributed by atoms with Crippen molar-refractivity contribution in [2.75, 3.05) is 13.2 Å². The summed E-state index contributed by atoms with van der Waals surface area (Å²) in [6.07, 6.45) is 18.5. The van der Waals surface area contributed by atoms with Crippen molar-refractivity contribution in [3.05, 3.63) is 66.0 Å². The van der Waals surface area contributed by atoms with Crippen LogP contribution < -0.4 is 14.2 Å². The summed E-state index contributed by atoms with van der Waals surface area (Å²) in [6.45, 7) is 3.14. The van der Waals surface area contributed by atoms with Crippen LogP contribution in [0.1, 0.15) is 101 Å². The summed E-state index contributed by atoms with van der Waals surface area (Å²) in [4.78, 5) is 21.3. The topological polar surface area (TPSA) is 70.5 Å². The maximum Gasteiger partial charge on any atom is 0.346 e. The van der Waals surface area contributed by atoms with Crippen LogP contribution in [0.2, 0.25) is 0 Å². The first kappa shape index (κ1) is 31.4. The van der Waals surface area contributed by atoms with Crippen molar-refractivity contribution in [3.63, 3.8) is 0 Å². The molecule has 4 rings (SSSR count). The van der Waals surface area contributed by atoms with Crippen molar-refractivity contribution < 1.29 is 27.8 Å². The molecule has 2 aromatic carbocycles. The molecule has 0 saturated heterocycles. The predicted octanol–water partition coefficient (Wildman–Crippen LogP) is 9.12. The van der Waals surface area contributed by atoms with Crippen molar-refractivity contribution in [2.45, 2.75) is 90.4 Å². The SMILES string of the molecule is CCCCCCCCOc1cnc(-c2ccc(OC(=O)c3ccc(OCCCCCCC4CC4)c(F)c3F)cc2)nc1. The molecule has 42 heavy (non-hydrogen) atoms. The zero-order valence-electron chi connectivity index (χ0n) is 24.6. The van der Waals surface area contributed by atoms with Crippen LogP contribution in [0.4, 0.5) is 8.78 Å². The van der Waals surface area contributed by atoms with E-state index in [0.29, 0.717) is 30.4 Å². The van der Waals surface area contributed by atoms with E-state index >= 15 is 0 Å². The highest BCUT2D eigenvalue weighted by Gasteiger charge is 2.22. The summed E-state index contributed by atoms with van der Waals surface area (Å²) >= 11 is 0. The molecule has 1 aliphatic rings. The van der Waals surface area contributed by atoms with E-state index in [1.54, 1.807) is 36.7 Å². The Morgan fingerprint density at radius 1 is 0.762 bits per heavy atom. The molecule has 6 nitrogen and oxygen atoms in total. The van der Waals surface area contributed by atoms with Crippen molar-refractivity contribution >= 4 is 5.97 Å². The van der Waals surface area contributed by atoms with Gasteiger partial charge in [-0.3, -0.25) is 0 Å². The molecule has 0 atom stereocenters. The Kier molecular flexibility index (Phi) is 12.5. The summed E-state index contributed by atoms with van der Waals surface area (Å²) in [5.74, 6) is -1.46. The second-order valence-corrected chi connectivity index (χ2v) is 11.0. The highest BCUT2D eigenvalue weighted by molar-refractivity contribution is 5.91. The number of hydrogen-bond acceptors (Lipinski definition) is 6. The zero-order valence-corrected chi connectivity index (χ0v) is 24.6. The Bertz CT molecular complexity index is 1250. The number of hydrogen-bond donors (Lipinski definition) is 0. The van der Waals surface area contributed by atoms with Gasteiger partial charge in [-0.15, -0.1) is 0 Å². The van der Waals surface area contributed by atoms with Gasteiger partial charge in [-0.2, -0.15) is 4.39 Å². The van der Waals surface area contributed by atoms with Crippen LogP contribution in [0.5, 0.6) is 17.2 Å². The Balaban J connectivity index is 1.21. The molecule has 226 valence electrons. The first-order valence-corrected chi connectivity index (χ1v) is 15.4. The van der Waals surface area contributed by atoms with Gasteiger partial charge in [-0.05, 0) is 55.2 Å². The van der Waals surface area contributed by atoms with E-state index in [0.717, 1.165) is 38.0 Å². The minimum absolute atomic E-state index is 0.185. The van der Waals surface area contributed by atoms with Gasteiger partial charge in [-0.1, -0.05) is 77.6 Å². The van der Waals surface area contributed by atoms with Gasteiger partial charge in [-0.25, -0.2) is 19.2 Å². The standard InChI is InChI=1S/C34H42F2N2O4/c1-2-3-4-5-7-10-21-40-28-23-37-33(38-24-28)26-15-17-27(18-16-26)42-34(39)29-19-20-30(32(36)31(29)35)41-22-11-8-6-9-12-25-13-14-25/h15-20,23-25H,2-14,21-22H2,1H3. The molecule has 0 N–H and O–H groups in total. The van der Waals surface area contributed by atoms with Gasteiger partial charge in [0.25, 0.3) is 0 Å². The molecule has 0 aliphatic heterocycles. The third-order valence-electron chi connectivity index (χ3n) is 7.45. The van der Waals surface area contributed by atoms with Gasteiger partial charge in [0.15, 0.2) is 23.1 Å². The molecule has 1 fully saturated rings. The first-order chi connectivity index (χ1) is 20.5. The van der Waals surface area contributed by atoms with E-state index in [-0.39, 0.29) is 11.5 Å². The van der Waals surface area contributed by atoms with Crippen LogP contribution in [0.25, 0.3) is 11.4 Å². The second kappa shape index (κ2) is 16.8. The highest BCUT2D eigenvalue weighted by Crippen LogP contribution is 2.34. The van der Waals surface area contributed by atoms with Crippen molar-refractivity contribution in [2.24, 2.45) is 5.92 Å². The lowest BCUT2D eigenvalue weighted by Crippen LogP contribution is -2.12.